The second-order valence-electron chi connectivity index (χ2n) is 7.56. The number of amides is 2. The van der Waals surface area contributed by atoms with E-state index >= 15 is 0 Å². The molecule has 0 radical (unpaired) electrons. The summed E-state index contributed by atoms with van der Waals surface area (Å²) in [6.07, 6.45) is 0. The summed E-state index contributed by atoms with van der Waals surface area (Å²) in [7, 11) is 0. The van der Waals surface area contributed by atoms with Crippen molar-refractivity contribution in [3.8, 4) is 0 Å². The Morgan fingerprint density at radius 2 is 1.69 bits per heavy atom. The fourth-order valence-corrected chi connectivity index (χ4v) is 5.90. The third kappa shape index (κ3) is 3.11. The molecule has 2 aliphatic rings. The van der Waals surface area contributed by atoms with Crippen LogP contribution >= 0.6 is 23.4 Å². The van der Waals surface area contributed by atoms with E-state index in [0.717, 1.165) is 0 Å². The van der Waals surface area contributed by atoms with E-state index in [9.17, 15) is 18.4 Å². The Morgan fingerprint density at radius 1 is 1.00 bits per heavy atom. The highest BCUT2D eigenvalue weighted by molar-refractivity contribution is 8.01. The fourth-order valence-electron chi connectivity index (χ4n) is 4.31. The molecule has 1 fully saturated rings. The van der Waals surface area contributed by atoms with Gasteiger partial charge in [-0.05, 0) is 42.5 Å². The van der Waals surface area contributed by atoms with E-state index in [-0.39, 0.29) is 23.9 Å². The summed E-state index contributed by atoms with van der Waals surface area (Å²) in [6, 6.07) is 17.2. The average molecular weight is 471 g/mol. The average Bonchev–Trinajstić information content (AvgIpc) is 3.33. The minimum atomic E-state index is -1.28. The maximum atomic E-state index is 14.4. The van der Waals surface area contributed by atoms with Crippen molar-refractivity contribution >= 4 is 40.9 Å². The first-order valence-electron chi connectivity index (χ1n) is 9.99. The van der Waals surface area contributed by atoms with Crippen molar-refractivity contribution in [2.75, 3.05) is 17.2 Å². The standard InChI is InChI=1S/C24H17ClF2N2O2S/c25-16-10-8-15(9-11-16)22(30)29-12-13-32-24(29)18-4-1-2-7-21(18)28(23(24)31)14-17-19(26)5-3-6-20(17)27/h1-11H,12-14H2/t24-/m0/s1. The van der Waals surface area contributed by atoms with Gasteiger partial charge < -0.3 is 9.80 Å². The summed E-state index contributed by atoms with van der Waals surface area (Å²) in [6.45, 7) is 0.105. The van der Waals surface area contributed by atoms with Gasteiger partial charge in [-0.1, -0.05) is 35.9 Å². The predicted octanol–water partition coefficient (Wildman–Crippen LogP) is 5.21. The predicted molar refractivity (Wildman–Crippen MR) is 121 cm³/mol. The fraction of sp³-hybridized carbons (Fsp3) is 0.167. The van der Waals surface area contributed by atoms with Crippen LogP contribution in [0, 0.1) is 11.6 Å². The number of benzene rings is 3. The number of hydrogen-bond acceptors (Lipinski definition) is 3. The maximum absolute atomic E-state index is 14.4. The lowest BCUT2D eigenvalue weighted by Gasteiger charge is -2.33. The van der Waals surface area contributed by atoms with Crippen molar-refractivity contribution in [2.45, 2.75) is 11.4 Å². The van der Waals surface area contributed by atoms with E-state index in [1.54, 1.807) is 53.4 Å². The van der Waals surface area contributed by atoms with Gasteiger partial charge in [0.1, 0.15) is 11.6 Å². The van der Waals surface area contributed by atoms with Crippen LogP contribution in [0.2, 0.25) is 5.02 Å². The van der Waals surface area contributed by atoms with E-state index in [2.05, 4.69) is 0 Å². The minimum absolute atomic E-state index is 0.189. The SMILES string of the molecule is O=C(c1ccc(Cl)cc1)N1CCS[C@@]12C(=O)N(Cc1c(F)cccc1F)c1ccccc12. The molecule has 0 aliphatic carbocycles. The van der Waals surface area contributed by atoms with E-state index in [0.29, 0.717) is 34.1 Å². The zero-order valence-corrected chi connectivity index (χ0v) is 18.3. The first kappa shape index (κ1) is 21.0. The Labute approximate surface area is 192 Å². The van der Waals surface area contributed by atoms with Crippen molar-refractivity contribution in [3.63, 3.8) is 0 Å². The highest BCUT2D eigenvalue weighted by Gasteiger charge is 2.59. The lowest BCUT2D eigenvalue weighted by molar-refractivity contribution is -0.123. The van der Waals surface area contributed by atoms with Gasteiger partial charge in [-0.25, -0.2) is 8.78 Å². The van der Waals surface area contributed by atoms with Gasteiger partial charge in [0.25, 0.3) is 11.8 Å². The molecule has 1 saturated heterocycles. The number of anilines is 1. The molecule has 4 nitrogen and oxygen atoms in total. The van der Waals surface area contributed by atoms with Crippen molar-refractivity contribution in [2.24, 2.45) is 0 Å². The largest absolute Gasteiger partial charge is 0.311 e. The maximum Gasteiger partial charge on any atom is 0.268 e. The molecule has 0 bridgehead atoms. The van der Waals surface area contributed by atoms with Gasteiger partial charge in [0.2, 0.25) is 0 Å². The lowest BCUT2D eigenvalue weighted by atomic mass is 10.0. The number of para-hydroxylation sites is 1. The second-order valence-corrected chi connectivity index (χ2v) is 9.29. The van der Waals surface area contributed by atoms with Crippen molar-refractivity contribution in [1.29, 1.82) is 0 Å². The van der Waals surface area contributed by atoms with Gasteiger partial charge in [0.15, 0.2) is 4.87 Å². The Balaban J connectivity index is 1.59. The van der Waals surface area contributed by atoms with Crippen LogP contribution in [0.5, 0.6) is 0 Å². The number of fused-ring (bicyclic) bond motifs is 2. The van der Waals surface area contributed by atoms with Crippen molar-refractivity contribution < 1.29 is 18.4 Å². The monoisotopic (exact) mass is 470 g/mol. The molecule has 0 unspecified atom stereocenters. The summed E-state index contributed by atoms with van der Waals surface area (Å²) >= 11 is 7.32. The van der Waals surface area contributed by atoms with E-state index in [1.165, 1.54) is 34.9 Å². The Kier molecular flexibility index (Phi) is 5.18. The molecule has 5 rings (SSSR count). The van der Waals surface area contributed by atoms with Crippen LogP contribution in [0.15, 0.2) is 66.7 Å². The highest BCUT2D eigenvalue weighted by Crippen LogP contribution is 2.54. The third-order valence-corrected chi connectivity index (χ3v) is 7.49. The quantitative estimate of drug-likeness (QED) is 0.528. The van der Waals surface area contributed by atoms with Gasteiger partial charge in [-0.2, -0.15) is 0 Å². The molecular formula is C24H17ClF2N2O2S. The van der Waals surface area contributed by atoms with E-state index < -0.39 is 16.5 Å². The normalized spacial score (nSPS) is 19.7. The van der Waals surface area contributed by atoms with Crippen LogP contribution in [0.1, 0.15) is 21.5 Å². The second kappa shape index (κ2) is 7.90. The summed E-state index contributed by atoms with van der Waals surface area (Å²) in [5, 5.41) is 0.507. The number of carbonyl (C=O) groups is 2. The third-order valence-electron chi connectivity index (χ3n) is 5.82. The molecule has 2 heterocycles. The number of thioether (sulfide) groups is 1. The van der Waals surface area contributed by atoms with Crippen molar-refractivity contribution in [3.05, 3.63) is 100 Å². The summed E-state index contributed by atoms with van der Waals surface area (Å²) in [4.78, 5) is 28.9. The van der Waals surface area contributed by atoms with Crippen LogP contribution in [-0.2, 0) is 16.2 Å². The van der Waals surface area contributed by atoms with Gasteiger partial charge in [-0.3, -0.25) is 9.59 Å². The number of carbonyl (C=O) groups excluding carboxylic acids is 2. The molecule has 8 heteroatoms. The number of rotatable bonds is 3. The first-order valence-corrected chi connectivity index (χ1v) is 11.4. The summed E-state index contributed by atoms with van der Waals surface area (Å²) in [5.41, 5.74) is 1.42. The lowest BCUT2D eigenvalue weighted by Crippen LogP contribution is -2.50. The Hall–Kier alpha value is -2.90. The molecule has 32 heavy (non-hydrogen) atoms. The smallest absolute Gasteiger partial charge is 0.268 e. The molecule has 1 spiro atoms. The highest BCUT2D eigenvalue weighted by atomic mass is 35.5. The van der Waals surface area contributed by atoms with Crippen LogP contribution in [0.25, 0.3) is 0 Å². The molecule has 0 N–H and O–H groups in total. The molecule has 0 aromatic heterocycles. The van der Waals surface area contributed by atoms with Crippen LogP contribution in [0.4, 0.5) is 14.5 Å². The minimum Gasteiger partial charge on any atom is -0.311 e. The van der Waals surface area contributed by atoms with Gasteiger partial charge in [-0.15, -0.1) is 11.8 Å². The number of halogens is 3. The molecular weight excluding hydrogens is 454 g/mol. The molecule has 1 atom stereocenters. The molecule has 162 valence electrons. The molecule has 0 saturated carbocycles. The topological polar surface area (TPSA) is 40.6 Å². The summed E-state index contributed by atoms with van der Waals surface area (Å²) in [5.74, 6) is -1.56. The van der Waals surface area contributed by atoms with Gasteiger partial charge >= 0.3 is 0 Å². The van der Waals surface area contributed by atoms with E-state index in [4.69, 9.17) is 11.6 Å². The molecule has 3 aromatic rings. The van der Waals surface area contributed by atoms with Crippen molar-refractivity contribution in [1.82, 2.24) is 4.90 Å². The van der Waals surface area contributed by atoms with Crippen LogP contribution in [0.3, 0.4) is 0 Å². The summed E-state index contributed by atoms with van der Waals surface area (Å²) < 4.78 is 28.8. The molecule has 3 aromatic carbocycles. The first-order chi connectivity index (χ1) is 15.4. The zero-order chi connectivity index (χ0) is 22.5. The van der Waals surface area contributed by atoms with E-state index in [1.807, 2.05) is 0 Å². The number of nitrogens with zero attached hydrogens (tertiary/aromatic N) is 2. The van der Waals surface area contributed by atoms with Crippen LogP contribution in [-0.4, -0.2) is 29.0 Å². The molecule has 2 aliphatic heterocycles. The van der Waals surface area contributed by atoms with Gasteiger partial charge in [0.05, 0.1) is 12.2 Å². The Bertz CT molecular complexity index is 1220. The molecule has 2 amide bonds. The van der Waals surface area contributed by atoms with Gasteiger partial charge in [0, 0.05) is 34.0 Å². The zero-order valence-electron chi connectivity index (χ0n) is 16.7. The Morgan fingerprint density at radius 3 is 2.41 bits per heavy atom. The number of hydrogen-bond donors (Lipinski definition) is 0. The van der Waals surface area contributed by atoms with Crippen LogP contribution < -0.4 is 4.90 Å².